The lowest BCUT2D eigenvalue weighted by Gasteiger charge is -2.07. The minimum absolute atomic E-state index is 0. The molecule has 2 amide bonds. The molecule has 0 saturated carbocycles. The standard InChI is InChI=1S/C12H17N3O2.ClH/c1-9(16)15-11-5-3-4-10(6-11)7-14-12(17)8-13-2;/h3-6,13H,7-8H2,1-2H3,(H,14,17)(H,15,16);1H. The Morgan fingerprint density at radius 2 is 2.00 bits per heavy atom. The highest BCUT2D eigenvalue weighted by Gasteiger charge is 2.01. The van der Waals surface area contributed by atoms with Crippen LogP contribution in [0.3, 0.4) is 0 Å². The Balaban J connectivity index is 0.00000289. The molecule has 6 heteroatoms. The van der Waals surface area contributed by atoms with Gasteiger partial charge in [0.15, 0.2) is 0 Å². The highest BCUT2D eigenvalue weighted by molar-refractivity contribution is 5.88. The number of benzene rings is 1. The Hall–Kier alpha value is -1.59. The molecule has 0 aliphatic carbocycles. The molecule has 0 aliphatic rings. The first-order valence-corrected chi connectivity index (χ1v) is 5.39. The molecule has 5 nitrogen and oxygen atoms in total. The summed E-state index contributed by atoms with van der Waals surface area (Å²) in [6.07, 6.45) is 0. The predicted octanol–water partition coefficient (Wildman–Crippen LogP) is 0.902. The molecule has 0 fully saturated rings. The molecule has 0 spiro atoms. The number of hydrogen-bond acceptors (Lipinski definition) is 3. The number of rotatable bonds is 5. The highest BCUT2D eigenvalue weighted by Crippen LogP contribution is 2.10. The molecule has 0 atom stereocenters. The number of carbonyl (C=O) groups is 2. The van der Waals surface area contributed by atoms with Crippen molar-refractivity contribution in [3.05, 3.63) is 29.8 Å². The van der Waals surface area contributed by atoms with Crippen LogP contribution in [0.4, 0.5) is 5.69 Å². The summed E-state index contributed by atoms with van der Waals surface area (Å²) in [6, 6.07) is 7.37. The minimum atomic E-state index is -0.110. The van der Waals surface area contributed by atoms with Crippen molar-refractivity contribution in [2.75, 3.05) is 18.9 Å². The van der Waals surface area contributed by atoms with Crippen molar-refractivity contribution in [1.29, 1.82) is 0 Å². The van der Waals surface area contributed by atoms with Gasteiger partial charge in [0.1, 0.15) is 0 Å². The Bertz CT molecular complexity index is 410. The van der Waals surface area contributed by atoms with Crippen LogP contribution in [-0.2, 0) is 16.1 Å². The fourth-order valence-electron chi connectivity index (χ4n) is 1.39. The summed E-state index contributed by atoms with van der Waals surface area (Å²) in [5, 5.41) is 8.23. The van der Waals surface area contributed by atoms with Gasteiger partial charge in [-0.15, -0.1) is 12.4 Å². The SMILES string of the molecule is CNCC(=O)NCc1cccc(NC(C)=O)c1.Cl. The van der Waals surface area contributed by atoms with Crippen LogP contribution < -0.4 is 16.0 Å². The molecule has 1 aromatic rings. The van der Waals surface area contributed by atoms with E-state index in [2.05, 4.69) is 16.0 Å². The number of hydrogen-bond donors (Lipinski definition) is 3. The van der Waals surface area contributed by atoms with E-state index in [9.17, 15) is 9.59 Å². The van der Waals surface area contributed by atoms with Gasteiger partial charge in [-0.2, -0.15) is 0 Å². The third-order valence-corrected chi connectivity index (χ3v) is 2.07. The molecule has 0 aromatic heterocycles. The number of amides is 2. The lowest BCUT2D eigenvalue weighted by molar-refractivity contribution is -0.120. The summed E-state index contributed by atoms with van der Waals surface area (Å²) < 4.78 is 0. The lowest BCUT2D eigenvalue weighted by atomic mass is 10.2. The Labute approximate surface area is 113 Å². The van der Waals surface area contributed by atoms with E-state index in [0.29, 0.717) is 13.1 Å². The van der Waals surface area contributed by atoms with Crippen molar-refractivity contribution in [3.63, 3.8) is 0 Å². The molecule has 0 unspecified atom stereocenters. The van der Waals surface area contributed by atoms with Crippen LogP contribution in [0.25, 0.3) is 0 Å². The van der Waals surface area contributed by atoms with E-state index in [1.54, 1.807) is 13.1 Å². The Morgan fingerprint density at radius 3 is 2.61 bits per heavy atom. The first-order chi connectivity index (χ1) is 8.11. The molecule has 0 saturated heterocycles. The van der Waals surface area contributed by atoms with Crippen LogP contribution in [0.2, 0.25) is 0 Å². The molecule has 100 valence electrons. The van der Waals surface area contributed by atoms with Crippen molar-refractivity contribution in [1.82, 2.24) is 10.6 Å². The largest absolute Gasteiger partial charge is 0.351 e. The van der Waals surface area contributed by atoms with Gasteiger partial charge < -0.3 is 16.0 Å². The van der Waals surface area contributed by atoms with Gasteiger partial charge in [-0.25, -0.2) is 0 Å². The third-order valence-electron chi connectivity index (χ3n) is 2.07. The zero-order valence-electron chi connectivity index (χ0n) is 10.4. The fraction of sp³-hybridized carbons (Fsp3) is 0.333. The van der Waals surface area contributed by atoms with E-state index in [0.717, 1.165) is 11.3 Å². The molecule has 0 bridgehead atoms. The maximum Gasteiger partial charge on any atom is 0.234 e. The van der Waals surface area contributed by atoms with Crippen molar-refractivity contribution in [3.8, 4) is 0 Å². The summed E-state index contributed by atoms with van der Waals surface area (Å²) in [5.74, 6) is -0.168. The summed E-state index contributed by atoms with van der Waals surface area (Å²) in [7, 11) is 1.72. The van der Waals surface area contributed by atoms with Gasteiger partial charge in [-0.05, 0) is 24.7 Å². The van der Waals surface area contributed by atoms with Gasteiger partial charge >= 0.3 is 0 Å². The summed E-state index contributed by atoms with van der Waals surface area (Å²) in [4.78, 5) is 22.1. The quantitative estimate of drug-likeness (QED) is 0.745. The van der Waals surface area contributed by atoms with Gasteiger partial charge in [0.05, 0.1) is 6.54 Å². The fourth-order valence-corrected chi connectivity index (χ4v) is 1.39. The number of carbonyl (C=O) groups excluding carboxylic acids is 2. The van der Waals surface area contributed by atoms with E-state index in [4.69, 9.17) is 0 Å². The maximum absolute atomic E-state index is 11.2. The minimum Gasteiger partial charge on any atom is -0.351 e. The zero-order valence-corrected chi connectivity index (χ0v) is 11.3. The van der Waals surface area contributed by atoms with Gasteiger partial charge in [0.2, 0.25) is 11.8 Å². The van der Waals surface area contributed by atoms with Crippen molar-refractivity contribution in [2.24, 2.45) is 0 Å². The molecule has 1 rings (SSSR count). The van der Waals surface area contributed by atoms with Crippen molar-refractivity contribution in [2.45, 2.75) is 13.5 Å². The van der Waals surface area contributed by atoms with Crippen molar-refractivity contribution < 1.29 is 9.59 Å². The van der Waals surface area contributed by atoms with Gasteiger partial charge in [-0.1, -0.05) is 12.1 Å². The number of halogens is 1. The monoisotopic (exact) mass is 271 g/mol. The molecule has 0 aliphatic heterocycles. The predicted molar refractivity (Wildman–Crippen MR) is 73.8 cm³/mol. The van der Waals surface area contributed by atoms with E-state index >= 15 is 0 Å². The molecule has 0 heterocycles. The van der Waals surface area contributed by atoms with Crippen molar-refractivity contribution >= 4 is 29.9 Å². The van der Waals surface area contributed by atoms with Crippen LogP contribution >= 0.6 is 12.4 Å². The summed E-state index contributed by atoms with van der Waals surface area (Å²) >= 11 is 0. The second kappa shape index (κ2) is 8.49. The Morgan fingerprint density at radius 1 is 1.28 bits per heavy atom. The molecule has 3 N–H and O–H groups in total. The average molecular weight is 272 g/mol. The van der Waals surface area contributed by atoms with E-state index in [-0.39, 0.29) is 24.2 Å². The number of likely N-dealkylation sites (N-methyl/N-ethyl adjacent to an activating group) is 1. The van der Waals surface area contributed by atoms with Gasteiger partial charge in [0, 0.05) is 19.2 Å². The van der Waals surface area contributed by atoms with Gasteiger partial charge in [0.25, 0.3) is 0 Å². The lowest BCUT2D eigenvalue weighted by Crippen LogP contribution is -2.31. The molecule has 18 heavy (non-hydrogen) atoms. The topological polar surface area (TPSA) is 70.2 Å². The number of anilines is 1. The highest BCUT2D eigenvalue weighted by atomic mass is 35.5. The summed E-state index contributed by atoms with van der Waals surface area (Å²) in [5.41, 5.74) is 1.68. The number of nitrogens with one attached hydrogen (secondary N) is 3. The van der Waals surface area contributed by atoms with Crippen LogP contribution in [0.15, 0.2) is 24.3 Å². The first kappa shape index (κ1) is 16.4. The molecule has 0 radical (unpaired) electrons. The maximum atomic E-state index is 11.2. The summed E-state index contributed by atoms with van der Waals surface area (Å²) in [6.45, 7) is 2.21. The van der Waals surface area contributed by atoms with Crippen LogP contribution in [0, 0.1) is 0 Å². The molecular weight excluding hydrogens is 254 g/mol. The molecule has 1 aromatic carbocycles. The second-order valence-corrected chi connectivity index (χ2v) is 3.69. The smallest absolute Gasteiger partial charge is 0.234 e. The normalized spacial score (nSPS) is 9.22. The molecular formula is C12H18ClN3O2. The Kier molecular flexibility index (Phi) is 7.74. The van der Waals surface area contributed by atoms with Crippen LogP contribution in [0.1, 0.15) is 12.5 Å². The van der Waals surface area contributed by atoms with Gasteiger partial charge in [-0.3, -0.25) is 9.59 Å². The van der Waals surface area contributed by atoms with E-state index in [1.165, 1.54) is 6.92 Å². The van der Waals surface area contributed by atoms with E-state index < -0.39 is 0 Å². The zero-order chi connectivity index (χ0) is 12.7. The first-order valence-electron chi connectivity index (χ1n) is 5.39. The van der Waals surface area contributed by atoms with Crippen LogP contribution in [-0.4, -0.2) is 25.4 Å². The van der Waals surface area contributed by atoms with Crippen LogP contribution in [0.5, 0.6) is 0 Å². The average Bonchev–Trinajstić information content (AvgIpc) is 2.26. The second-order valence-electron chi connectivity index (χ2n) is 3.69. The van der Waals surface area contributed by atoms with E-state index in [1.807, 2.05) is 18.2 Å². The third kappa shape index (κ3) is 6.22.